The predicted molar refractivity (Wildman–Crippen MR) is 70.8 cm³/mol. The normalized spacial score (nSPS) is 20.2. The van der Waals surface area contributed by atoms with E-state index in [0.717, 1.165) is 6.54 Å². The molecule has 1 fully saturated rings. The minimum atomic E-state index is 0.272. The molecule has 0 saturated carbocycles. The molecule has 3 heteroatoms. The third-order valence-corrected chi connectivity index (χ3v) is 3.67. The molecule has 0 unspecified atom stereocenters. The summed E-state index contributed by atoms with van der Waals surface area (Å²) >= 11 is 2.11. The highest BCUT2D eigenvalue weighted by atomic mass is 32.2. The summed E-state index contributed by atoms with van der Waals surface area (Å²) in [7, 11) is 0. The van der Waals surface area contributed by atoms with E-state index in [4.69, 9.17) is 0 Å². The zero-order valence-corrected chi connectivity index (χ0v) is 11.3. The van der Waals surface area contributed by atoms with Crippen molar-refractivity contribution in [1.29, 1.82) is 0 Å². The van der Waals surface area contributed by atoms with Gasteiger partial charge in [0.15, 0.2) is 0 Å². The number of nitrogens with one attached hydrogen (secondary N) is 1. The predicted octanol–water partition coefficient (Wildman–Crippen LogP) is 2.20. The van der Waals surface area contributed by atoms with Crippen LogP contribution in [0.25, 0.3) is 0 Å². The summed E-state index contributed by atoms with van der Waals surface area (Å²) in [6.07, 6.45) is 2.65. The molecule has 1 rings (SSSR count). The van der Waals surface area contributed by atoms with E-state index in [1.165, 1.54) is 44.0 Å². The molecule has 0 aromatic carbocycles. The second-order valence-electron chi connectivity index (χ2n) is 5.34. The Morgan fingerprint density at radius 1 is 1.20 bits per heavy atom. The van der Waals surface area contributed by atoms with Gasteiger partial charge in [0.1, 0.15) is 0 Å². The first-order valence-corrected chi connectivity index (χ1v) is 7.28. The molecule has 0 radical (unpaired) electrons. The second-order valence-corrected chi connectivity index (χ2v) is 6.56. The molecule has 15 heavy (non-hydrogen) atoms. The van der Waals surface area contributed by atoms with Gasteiger partial charge in [-0.25, -0.2) is 0 Å². The fourth-order valence-electron chi connectivity index (χ4n) is 1.79. The molecule has 1 N–H and O–H groups in total. The van der Waals surface area contributed by atoms with Crippen LogP contribution in [-0.4, -0.2) is 48.1 Å². The van der Waals surface area contributed by atoms with Gasteiger partial charge in [-0.3, -0.25) is 0 Å². The van der Waals surface area contributed by atoms with Crippen molar-refractivity contribution in [2.24, 2.45) is 0 Å². The summed E-state index contributed by atoms with van der Waals surface area (Å²) in [5, 5.41) is 3.55. The Kier molecular flexibility index (Phi) is 6.02. The van der Waals surface area contributed by atoms with Gasteiger partial charge in [-0.05, 0) is 59.0 Å². The minimum absolute atomic E-state index is 0.272. The van der Waals surface area contributed by atoms with E-state index < -0.39 is 0 Å². The van der Waals surface area contributed by atoms with Crippen molar-refractivity contribution >= 4 is 11.8 Å². The van der Waals surface area contributed by atoms with Crippen molar-refractivity contribution in [3.05, 3.63) is 0 Å². The van der Waals surface area contributed by atoms with Crippen molar-refractivity contribution in [2.45, 2.75) is 39.2 Å². The third-order valence-electron chi connectivity index (χ3n) is 2.62. The van der Waals surface area contributed by atoms with Gasteiger partial charge in [-0.15, -0.1) is 0 Å². The Labute approximate surface area is 99.2 Å². The summed E-state index contributed by atoms with van der Waals surface area (Å²) in [5.41, 5.74) is 0.272. The van der Waals surface area contributed by atoms with Crippen LogP contribution in [-0.2, 0) is 0 Å². The van der Waals surface area contributed by atoms with Gasteiger partial charge in [-0.2, -0.15) is 11.8 Å². The first kappa shape index (κ1) is 13.3. The summed E-state index contributed by atoms with van der Waals surface area (Å²) < 4.78 is 0. The largest absolute Gasteiger partial charge is 0.312 e. The smallest absolute Gasteiger partial charge is 0.00965 e. The van der Waals surface area contributed by atoms with Gasteiger partial charge in [0.25, 0.3) is 0 Å². The zero-order valence-electron chi connectivity index (χ0n) is 10.5. The first-order chi connectivity index (χ1) is 7.08. The monoisotopic (exact) mass is 230 g/mol. The molecule has 0 amide bonds. The number of hydrogen-bond donors (Lipinski definition) is 1. The Balaban J connectivity index is 2.03. The van der Waals surface area contributed by atoms with E-state index in [1.54, 1.807) is 0 Å². The highest BCUT2D eigenvalue weighted by Crippen LogP contribution is 2.10. The van der Waals surface area contributed by atoms with E-state index in [1.807, 2.05) is 0 Å². The average molecular weight is 230 g/mol. The van der Waals surface area contributed by atoms with Gasteiger partial charge in [0.2, 0.25) is 0 Å². The van der Waals surface area contributed by atoms with Crippen LogP contribution < -0.4 is 5.32 Å². The van der Waals surface area contributed by atoms with Crippen LogP contribution >= 0.6 is 11.8 Å². The molecular weight excluding hydrogens is 204 g/mol. The van der Waals surface area contributed by atoms with Gasteiger partial charge in [-0.1, -0.05) is 0 Å². The van der Waals surface area contributed by atoms with Crippen LogP contribution in [0.2, 0.25) is 0 Å². The van der Waals surface area contributed by atoms with Crippen molar-refractivity contribution in [2.75, 3.05) is 37.7 Å². The SMILES string of the molecule is CC(C)(C)NCCCN1CCCSCC1. The Morgan fingerprint density at radius 2 is 2.00 bits per heavy atom. The minimum Gasteiger partial charge on any atom is -0.312 e. The van der Waals surface area contributed by atoms with Crippen LogP contribution in [0, 0.1) is 0 Å². The highest BCUT2D eigenvalue weighted by molar-refractivity contribution is 7.99. The van der Waals surface area contributed by atoms with Crippen LogP contribution in [0.5, 0.6) is 0 Å². The fraction of sp³-hybridized carbons (Fsp3) is 1.00. The average Bonchev–Trinajstić information content (AvgIpc) is 2.39. The highest BCUT2D eigenvalue weighted by Gasteiger charge is 2.10. The van der Waals surface area contributed by atoms with Crippen LogP contribution in [0.3, 0.4) is 0 Å². The lowest BCUT2D eigenvalue weighted by atomic mass is 10.1. The molecule has 0 bridgehead atoms. The molecule has 1 aliphatic rings. The molecule has 0 aromatic heterocycles. The maximum Gasteiger partial charge on any atom is 0.00965 e. The molecule has 90 valence electrons. The quantitative estimate of drug-likeness (QED) is 0.746. The number of rotatable bonds is 4. The summed E-state index contributed by atoms with van der Waals surface area (Å²) in [6, 6.07) is 0. The molecule has 0 aliphatic carbocycles. The van der Waals surface area contributed by atoms with E-state index in [-0.39, 0.29) is 5.54 Å². The van der Waals surface area contributed by atoms with Crippen molar-refractivity contribution < 1.29 is 0 Å². The van der Waals surface area contributed by atoms with Gasteiger partial charge >= 0.3 is 0 Å². The molecule has 2 nitrogen and oxygen atoms in total. The Bertz CT molecular complexity index is 157. The van der Waals surface area contributed by atoms with Gasteiger partial charge in [0.05, 0.1) is 0 Å². The van der Waals surface area contributed by atoms with Crippen LogP contribution in [0.15, 0.2) is 0 Å². The first-order valence-electron chi connectivity index (χ1n) is 6.13. The van der Waals surface area contributed by atoms with Crippen LogP contribution in [0.1, 0.15) is 33.6 Å². The van der Waals surface area contributed by atoms with Crippen LogP contribution in [0.4, 0.5) is 0 Å². The maximum atomic E-state index is 3.55. The number of hydrogen-bond acceptors (Lipinski definition) is 3. The summed E-state index contributed by atoms with van der Waals surface area (Å²) in [6.45, 7) is 11.7. The van der Waals surface area contributed by atoms with E-state index in [9.17, 15) is 0 Å². The molecule has 1 aliphatic heterocycles. The molecule has 1 heterocycles. The maximum absolute atomic E-state index is 3.55. The molecule has 0 aromatic rings. The number of nitrogens with zero attached hydrogens (tertiary/aromatic N) is 1. The summed E-state index contributed by atoms with van der Waals surface area (Å²) in [5.74, 6) is 2.68. The lowest BCUT2D eigenvalue weighted by Gasteiger charge is -2.23. The van der Waals surface area contributed by atoms with Crippen molar-refractivity contribution in [1.82, 2.24) is 10.2 Å². The molecule has 0 atom stereocenters. The molecular formula is C12H26N2S. The second kappa shape index (κ2) is 6.77. The van der Waals surface area contributed by atoms with Gasteiger partial charge in [0, 0.05) is 17.8 Å². The Hall–Kier alpha value is 0.270. The molecule has 1 saturated heterocycles. The Morgan fingerprint density at radius 3 is 2.73 bits per heavy atom. The van der Waals surface area contributed by atoms with E-state index >= 15 is 0 Å². The molecule has 0 spiro atoms. The van der Waals surface area contributed by atoms with Crippen molar-refractivity contribution in [3.8, 4) is 0 Å². The van der Waals surface area contributed by atoms with Crippen molar-refractivity contribution in [3.63, 3.8) is 0 Å². The standard InChI is InChI=1S/C12H26N2S/c1-12(2,3)13-6-4-7-14-8-5-10-15-11-9-14/h13H,4-11H2,1-3H3. The topological polar surface area (TPSA) is 15.3 Å². The fourth-order valence-corrected chi connectivity index (χ4v) is 2.71. The van der Waals surface area contributed by atoms with E-state index in [2.05, 4.69) is 42.7 Å². The number of thioether (sulfide) groups is 1. The zero-order chi connectivity index (χ0) is 11.1. The lowest BCUT2D eigenvalue weighted by Crippen LogP contribution is -2.38. The summed E-state index contributed by atoms with van der Waals surface area (Å²) in [4.78, 5) is 2.62. The van der Waals surface area contributed by atoms with E-state index in [0.29, 0.717) is 0 Å². The lowest BCUT2D eigenvalue weighted by molar-refractivity contribution is 0.284. The third kappa shape index (κ3) is 7.20. The van der Waals surface area contributed by atoms with Gasteiger partial charge < -0.3 is 10.2 Å².